The number of nitrogens with one attached hydrogen (secondary N) is 2. The van der Waals surface area contributed by atoms with E-state index in [-0.39, 0.29) is 12.5 Å². The molecule has 1 aromatic heterocycles. The summed E-state index contributed by atoms with van der Waals surface area (Å²) in [6.07, 6.45) is 0. The number of ether oxygens (including phenoxy) is 3. The third-order valence-corrected chi connectivity index (χ3v) is 5.22. The molecule has 0 fully saturated rings. The molecule has 7 nitrogen and oxygen atoms in total. The first kappa shape index (κ1) is 21.8. The number of amides is 1. The smallest absolute Gasteiger partial charge is 0.261 e. The average Bonchev–Trinajstić information content (AvgIpc) is 2.78. The Kier molecular flexibility index (Phi) is 6.39. The lowest BCUT2D eigenvalue weighted by atomic mass is 10.0. The van der Waals surface area contributed by atoms with Crippen LogP contribution in [0, 0.1) is 13.8 Å². The molecule has 1 amide bonds. The largest absolute Gasteiger partial charge is 0.496 e. The van der Waals surface area contributed by atoms with Gasteiger partial charge in [0.25, 0.3) is 5.91 Å². The lowest BCUT2D eigenvalue weighted by Crippen LogP contribution is -2.57. The van der Waals surface area contributed by atoms with Crippen LogP contribution >= 0.6 is 0 Å². The van der Waals surface area contributed by atoms with Gasteiger partial charge in [0.15, 0.2) is 0 Å². The van der Waals surface area contributed by atoms with Gasteiger partial charge in [0, 0.05) is 17.0 Å². The van der Waals surface area contributed by atoms with Crippen LogP contribution < -0.4 is 15.4 Å². The number of carbonyl (C=O) groups excluding carboxylic acids is 1. The molecule has 1 unspecified atom stereocenters. The lowest BCUT2D eigenvalue weighted by molar-refractivity contribution is -0.0736. The van der Waals surface area contributed by atoms with Gasteiger partial charge in [-0.05, 0) is 43.7 Å². The lowest BCUT2D eigenvalue weighted by Gasteiger charge is -2.40. The molecule has 7 heteroatoms. The van der Waals surface area contributed by atoms with Crippen molar-refractivity contribution in [3.8, 4) is 5.75 Å². The van der Waals surface area contributed by atoms with E-state index in [9.17, 15) is 4.79 Å². The topological polar surface area (TPSA) is 81.7 Å². The molecule has 3 aromatic rings. The SMILES string of the molecule is COc1cccc2c1C(=O)NC(OCCOCc1ccccc1)(c1cc(C)nc(C)c1)N2. The van der Waals surface area contributed by atoms with E-state index in [0.29, 0.717) is 30.2 Å². The predicted octanol–water partition coefficient (Wildman–Crippen LogP) is 3.91. The van der Waals surface area contributed by atoms with Gasteiger partial charge in [0.2, 0.25) is 5.85 Å². The summed E-state index contributed by atoms with van der Waals surface area (Å²) in [6, 6.07) is 19.2. The zero-order valence-corrected chi connectivity index (χ0v) is 18.5. The second kappa shape index (κ2) is 9.38. The first-order chi connectivity index (χ1) is 15.5. The average molecular weight is 434 g/mol. The van der Waals surface area contributed by atoms with Crippen LogP contribution in [0.15, 0.2) is 60.7 Å². The van der Waals surface area contributed by atoms with E-state index in [1.807, 2.05) is 68.4 Å². The number of hydrogen-bond donors (Lipinski definition) is 2. The van der Waals surface area contributed by atoms with Crippen molar-refractivity contribution in [2.75, 3.05) is 25.6 Å². The van der Waals surface area contributed by atoms with Gasteiger partial charge in [0.1, 0.15) is 11.3 Å². The van der Waals surface area contributed by atoms with E-state index in [0.717, 1.165) is 22.5 Å². The molecule has 0 spiro atoms. The van der Waals surface area contributed by atoms with Crippen molar-refractivity contribution in [2.45, 2.75) is 26.3 Å². The van der Waals surface area contributed by atoms with E-state index in [4.69, 9.17) is 14.2 Å². The quantitative estimate of drug-likeness (QED) is 0.525. The van der Waals surface area contributed by atoms with Crippen LogP contribution in [0.4, 0.5) is 5.69 Å². The van der Waals surface area contributed by atoms with Crippen LogP contribution in [0.25, 0.3) is 0 Å². The summed E-state index contributed by atoms with van der Waals surface area (Å²) in [5.41, 5.74) is 4.58. The van der Waals surface area contributed by atoms with Crippen LogP contribution in [0.2, 0.25) is 0 Å². The van der Waals surface area contributed by atoms with E-state index in [1.54, 1.807) is 13.2 Å². The summed E-state index contributed by atoms with van der Waals surface area (Å²) in [4.78, 5) is 17.6. The van der Waals surface area contributed by atoms with Gasteiger partial charge in [0.05, 0.1) is 32.6 Å². The highest BCUT2D eigenvalue weighted by Crippen LogP contribution is 2.36. The van der Waals surface area contributed by atoms with Gasteiger partial charge >= 0.3 is 0 Å². The number of aromatic nitrogens is 1. The summed E-state index contributed by atoms with van der Waals surface area (Å²) >= 11 is 0. The molecule has 4 rings (SSSR count). The Morgan fingerprint density at radius 3 is 2.41 bits per heavy atom. The minimum absolute atomic E-state index is 0.264. The van der Waals surface area contributed by atoms with Crippen LogP contribution in [0.5, 0.6) is 5.75 Å². The second-order valence-corrected chi connectivity index (χ2v) is 7.67. The molecule has 2 N–H and O–H groups in total. The number of rotatable bonds is 8. The molecule has 0 radical (unpaired) electrons. The zero-order chi connectivity index (χ0) is 22.6. The maximum absolute atomic E-state index is 13.1. The summed E-state index contributed by atoms with van der Waals surface area (Å²) in [5, 5.41) is 6.38. The molecule has 166 valence electrons. The number of benzene rings is 2. The van der Waals surface area contributed by atoms with E-state index < -0.39 is 5.85 Å². The molecule has 0 bridgehead atoms. The minimum Gasteiger partial charge on any atom is -0.496 e. The predicted molar refractivity (Wildman–Crippen MR) is 122 cm³/mol. The number of methoxy groups -OCH3 is 1. The third-order valence-electron chi connectivity index (χ3n) is 5.22. The molecule has 0 aliphatic carbocycles. The second-order valence-electron chi connectivity index (χ2n) is 7.67. The number of carbonyl (C=O) groups is 1. The van der Waals surface area contributed by atoms with Crippen molar-refractivity contribution in [3.05, 3.63) is 88.7 Å². The monoisotopic (exact) mass is 433 g/mol. The molecular formula is C25H27N3O4. The number of nitrogens with zero attached hydrogens (tertiary/aromatic N) is 1. The van der Waals surface area contributed by atoms with Crippen LogP contribution in [-0.2, 0) is 21.9 Å². The first-order valence-electron chi connectivity index (χ1n) is 10.5. The van der Waals surface area contributed by atoms with Crippen LogP contribution in [0.3, 0.4) is 0 Å². The summed E-state index contributed by atoms with van der Waals surface area (Å²) in [5.74, 6) is -1.05. The van der Waals surface area contributed by atoms with Crippen molar-refractivity contribution < 1.29 is 19.0 Å². The number of hydrogen-bond acceptors (Lipinski definition) is 6. The Bertz CT molecular complexity index is 1080. The summed E-state index contributed by atoms with van der Waals surface area (Å²) < 4.78 is 17.4. The molecule has 1 atom stereocenters. The van der Waals surface area contributed by atoms with Crippen molar-refractivity contribution in [3.63, 3.8) is 0 Å². The highest BCUT2D eigenvalue weighted by molar-refractivity contribution is 6.04. The maximum Gasteiger partial charge on any atom is 0.261 e. The van der Waals surface area contributed by atoms with Crippen LogP contribution in [0.1, 0.15) is 32.9 Å². The minimum atomic E-state index is -1.26. The molecule has 0 saturated heterocycles. The van der Waals surface area contributed by atoms with Gasteiger partial charge in [-0.1, -0.05) is 36.4 Å². The Labute approximate surface area is 187 Å². The molecule has 32 heavy (non-hydrogen) atoms. The van der Waals surface area contributed by atoms with Crippen molar-refractivity contribution >= 4 is 11.6 Å². The normalized spacial score (nSPS) is 17.3. The Morgan fingerprint density at radius 2 is 1.69 bits per heavy atom. The van der Waals surface area contributed by atoms with Crippen molar-refractivity contribution in [1.29, 1.82) is 0 Å². The van der Waals surface area contributed by atoms with Crippen molar-refractivity contribution in [1.82, 2.24) is 10.3 Å². The zero-order valence-electron chi connectivity index (χ0n) is 18.5. The van der Waals surface area contributed by atoms with Gasteiger partial charge in [-0.3, -0.25) is 9.78 Å². The number of fused-ring (bicyclic) bond motifs is 1. The Balaban J connectivity index is 1.57. The van der Waals surface area contributed by atoms with Gasteiger partial charge < -0.3 is 24.8 Å². The fraction of sp³-hybridized carbons (Fsp3) is 0.280. The molecule has 0 saturated carbocycles. The fourth-order valence-electron chi connectivity index (χ4n) is 3.84. The number of aryl methyl sites for hydroxylation is 2. The summed E-state index contributed by atoms with van der Waals surface area (Å²) in [6.45, 7) is 4.94. The van der Waals surface area contributed by atoms with Gasteiger partial charge in [-0.15, -0.1) is 0 Å². The molecular weight excluding hydrogens is 406 g/mol. The van der Waals surface area contributed by atoms with Gasteiger partial charge in [-0.2, -0.15) is 0 Å². The van der Waals surface area contributed by atoms with Crippen molar-refractivity contribution in [2.24, 2.45) is 0 Å². The van der Waals surface area contributed by atoms with Crippen LogP contribution in [-0.4, -0.2) is 31.2 Å². The van der Waals surface area contributed by atoms with E-state index >= 15 is 0 Å². The first-order valence-corrected chi connectivity index (χ1v) is 10.5. The number of pyridine rings is 1. The summed E-state index contributed by atoms with van der Waals surface area (Å²) in [7, 11) is 1.54. The van der Waals surface area contributed by atoms with E-state index in [2.05, 4.69) is 15.6 Å². The van der Waals surface area contributed by atoms with Gasteiger partial charge in [-0.25, -0.2) is 0 Å². The standard InChI is InChI=1S/C25H27N3O4/c1-17-14-20(15-18(2)26-17)25(32-13-12-31-16-19-8-5-4-6-9-19)27-21-10-7-11-22(30-3)23(21)24(29)28-25/h4-11,14-15,27H,12-13,16H2,1-3H3,(H,28,29). The third kappa shape index (κ3) is 4.59. The molecule has 1 aliphatic heterocycles. The number of anilines is 1. The molecule has 1 aliphatic rings. The Morgan fingerprint density at radius 1 is 0.938 bits per heavy atom. The highest BCUT2D eigenvalue weighted by Gasteiger charge is 2.42. The fourth-order valence-corrected chi connectivity index (χ4v) is 3.84. The van der Waals surface area contributed by atoms with E-state index in [1.165, 1.54) is 0 Å². The highest BCUT2D eigenvalue weighted by atomic mass is 16.6. The Hall–Kier alpha value is -3.42. The maximum atomic E-state index is 13.1. The molecule has 2 heterocycles. The molecule has 2 aromatic carbocycles.